The van der Waals surface area contributed by atoms with Gasteiger partial charge in [0.2, 0.25) is 11.8 Å². The van der Waals surface area contributed by atoms with E-state index in [0.717, 1.165) is 24.1 Å². The smallest absolute Gasteiger partial charge is 0.328 e. The maximum Gasteiger partial charge on any atom is 0.328 e. The Labute approximate surface area is 164 Å². The van der Waals surface area contributed by atoms with E-state index in [9.17, 15) is 9.59 Å². The SMILES string of the molecule is CCC(CC)[C@@H](NC(=O)CSCc1coc(-c2ccccc2)n1)C(=O)OC. The Balaban J connectivity index is 1.84. The van der Waals surface area contributed by atoms with Crippen LogP contribution < -0.4 is 5.32 Å². The Bertz CT molecular complexity index is 729. The number of ether oxygens (including phenoxy) is 1. The monoisotopic (exact) mass is 390 g/mol. The van der Waals surface area contributed by atoms with E-state index < -0.39 is 12.0 Å². The van der Waals surface area contributed by atoms with Crippen molar-refractivity contribution in [1.82, 2.24) is 10.3 Å². The first-order valence-corrected chi connectivity index (χ1v) is 10.2. The summed E-state index contributed by atoms with van der Waals surface area (Å²) in [4.78, 5) is 28.7. The molecule has 1 aromatic carbocycles. The lowest BCUT2D eigenvalue weighted by atomic mass is 9.94. The molecule has 2 aromatic rings. The zero-order valence-electron chi connectivity index (χ0n) is 15.9. The largest absolute Gasteiger partial charge is 0.467 e. The minimum Gasteiger partial charge on any atom is -0.467 e. The number of esters is 1. The maximum atomic E-state index is 12.2. The van der Waals surface area contributed by atoms with Crippen molar-refractivity contribution in [2.45, 2.75) is 38.5 Å². The minimum absolute atomic E-state index is 0.0652. The molecule has 146 valence electrons. The van der Waals surface area contributed by atoms with Gasteiger partial charge in [0.25, 0.3) is 0 Å². The van der Waals surface area contributed by atoms with E-state index in [1.807, 2.05) is 44.2 Å². The summed E-state index contributed by atoms with van der Waals surface area (Å²) in [7, 11) is 1.34. The van der Waals surface area contributed by atoms with Gasteiger partial charge in [0, 0.05) is 11.3 Å². The predicted octanol–water partition coefficient (Wildman–Crippen LogP) is 3.67. The van der Waals surface area contributed by atoms with Crippen LogP contribution in [0.5, 0.6) is 0 Å². The molecule has 1 amide bonds. The van der Waals surface area contributed by atoms with Crippen LogP contribution in [0.3, 0.4) is 0 Å². The molecule has 0 aliphatic heterocycles. The van der Waals surface area contributed by atoms with Crippen LogP contribution >= 0.6 is 11.8 Å². The Morgan fingerprint density at radius 3 is 2.56 bits per heavy atom. The van der Waals surface area contributed by atoms with Crippen LogP contribution in [0.2, 0.25) is 0 Å². The molecule has 0 aliphatic carbocycles. The molecule has 0 spiro atoms. The summed E-state index contributed by atoms with van der Waals surface area (Å²) in [5.41, 5.74) is 1.69. The molecular formula is C20H26N2O4S. The molecule has 27 heavy (non-hydrogen) atoms. The lowest BCUT2D eigenvalue weighted by molar-refractivity contribution is -0.146. The van der Waals surface area contributed by atoms with Crippen molar-refractivity contribution in [2.24, 2.45) is 5.92 Å². The Morgan fingerprint density at radius 1 is 1.22 bits per heavy atom. The summed E-state index contributed by atoms with van der Waals surface area (Å²) in [6.45, 7) is 4.00. The molecule has 0 unspecified atom stereocenters. The van der Waals surface area contributed by atoms with Crippen LogP contribution in [0.4, 0.5) is 0 Å². The average molecular weight is 391 g/mol. The second-order valence-corrected chi connectivity index (χ2v) is 7.13. The van der Waals surface area contributed by atoms with E-state index >= 15 is 0 Å². The van der Waals surface area contributed by atoms with Gasteiger partial charge in [0.1, 0.15) is 12.3 Å². The number of rotatable bonds is 10. The molecule has 1 aromatic heterocycles. The first-order valence-electron chi connectivity index (χ1n) is 9.03. The highest BCUT2D eigenvalue weighted by atomic mass is 32.2. The number of amides is 1. The molecule has 6 nitrogen and oxygen atoms in total. The van der Waals surface area contributed by atoms with Gasteiger partial charge >= 0.3 is 5.97 Å². The van der Waals surface area contributed by atoms with Gasteiger partial charge < -0.3 is 14.5 Å². The molecule has 7 heteroatoms. The number of methoxy groups -OCH3 is 1. The van der Waals surface area contributed by atoms with Gasteiger partial charge in [-0.05, 0) is 18.1 Å². The normalized spacial score (nSPS) is 12.0. The number of nitrogens with one attached hydrogen (secondary N) is 1. The summed E-state index contributed by atoms with van der Waals surface area (Å²) >= 11 is 1.42. The summed E-state index contributed by atoms with van der Waals surface area (Å²) < 4.78 is 10.3. The summed E-state index contributed by atoms with van der Waals surface area (Å²) in [6.07, 6.45) is 3.20. The lowest BCUT2D eigenvalue weighted by Crippen LogP contribution is -2.47. The number of carbonyl (C=O) groups excluding carboxylic acids is 2. The molecule has 1 atom stereocenters. The third-order valence-corrected chi connectivity index (χ3v) is 5.31. The van der Waals surface area contributed by atoms with Gasteiger partial charge in [-0.2, -0.15) is 0 Å². The van der Waals surface area contributed by atoms with Crippen molar-refractivity contribution < 1.29 is 18.7 Å². The third kappa shape index (κ3) is 6.13. The van der Waals surface area contributed by atoms with Gasteiger partial charge in [0.05, 0.1) is 18.6 Å². The fraction of sp³-hybridized carbons (Fsp3) is 0.450. The van der Waals surface area contributed by atoms with Crippen molar-refractivity contribution in [3.8, 4) is 11.5 Å². The third-order valence-electron chi connectivity index (χ3n) is 4.35. The second-order valence-electron chi connectivity index (χ2n) is 6.15. The van der Waals surface area contributed by atoms with Gasteiger partial charge in [-0.25, -0.2) is 9.78 Å². The Hall–Kier alpha value is -2.28. The number of nitrogens with zero attached hydrogens (tertiary/aromatic N) is 1. The van der Waals surface area contributed by atoms with Crippen molar-refractivity contribution in [3.05, 3.63) is 42.3 Å². The standard InChI is InChI=1S/C20H26N2O4S/c1-4-14(5-2)18(20(24)25-3)22-17(23)13-27-12-16-11-26-19(21-16)15-9-7-6-8-10-15/h6-11,14,18H,4-5,12-13H2,1-3H3,(H,22,23)/t18-/m1/s1. The van der Waals surface area contributed by atoms with Crippen molar-refractivity contribution in [2.75, 3.05) is 12.9 Å². The Morgan fingerprint density at radius 2 is 1.93 bits per heavy atom. The quantitative estimate of drug-likeness (QED) is 0.624. The van der Waals surface area contributed by atoms with E-state index in [1.165, 1.54) is 18.9 Å². The van der Waals surface area contributed by atoms with Crippen LogP contribution in [0.25, 0.3) is 11.5 Å². The minimum atomic E-state index is -0.602. The first-order chi connectivity index (χ1) is 13.1. The number of thioether (sulfide) groups is 1. The van der Waals surface area contributed by atoms with Crippen LogP contribution in [0.1, 0.15) is 32.4 Å². The molecule has 1 N–H and O–H groups in total. The highest BCUT2D eigenvalue weighted by Gasteiger charge is 2.28. The second kappa shape index (κ2) is 10.8. The molecule has 0 aliphatic rings. The number of benzene rings is 1. The highest BCUT2D eigenvalue weighted by Crippen LogP contribution is 2.20. The van der Waals surface area contributed by atoms with Crippen molar-refractivity contribution in [1.29, 1.82) is 0 Å². The van der Waals surface area contributed by atoms with Gasteiger partial charge in [0.15, 0.2) is 0 Å². The van der Waals surface area contributed by atoms with Crippen LogP contribution in [-0.2, 0) is 20.1 Å². The lowest BCUT2D eigenvalue weighted by Gasteiger charge is -2.23. The van der Waals surface area contributed by atoms with Crippen LogP contribution in [0.15, 0.2) is 41.0 Å². The van der Waals surface area contributed by atoms with Gasteiger partial charge in [-0.3, -0.25) is 4.79 Å². The van der Waals surface area contributed by atoms with E-state index in [2.05, 4.69) is 10.3 Å². The zero-order chi connectivity index (χ0) is 19.6. The molecule has 0 fully saturated rings. The molecule has 0 radical (unpaired) electrons. The van der Waals surface area contributed by atoms with E-state index in [4.69, 9.17) is 9.15 Å². The number of aromatic nitrogens is 1. The Kier molecular flexibility index (Phi) is 8.39. The zero-order valence-corrected chi connectivity index (χ0v) is 16.8. The number of hydrogen-bond donors (Lipinski definition) is 1. The molecule has 0 bridgehead atoms. The van der Waals surface area contributed by atoms with Crippen molar-refractivity contribution in [3.63, 3.8) is 0 Å². The first kappa shape index (κ1) is 21.0. The van der Waals surface area contributed by atoms with E-state index in [1.54, 1.807) is 6.26 Å². The summed E-state index contributed by atoms with van der Waals surface area (Å²) in [5.74, 6) is 0.837. The number of oxazole rings is 1. The number of hydrogen-bond acceptors (Lipinski definition) is 6. The van der Waals surface area contributed by atoms with E-state index in [-0.39, 0.29) is 17.6 Å². The van der Waals surface area contributed by atoms with E-state index in [0.29, 0.717) is 11.6 Å². The van der Waals surface area contributed by atoms with Gasteiger partial charge in [-0.15, -0.1) is 11.8 Å². The van der Waals surface area contributed by atoms with Crippen LogP contribution in [0, 0.1) is 5.92 Å². The topological polar surface area (TPSA) is 81.4 Å². The molecule has 1 heterocycles. The van der Waals surface area contributed by atoms with Crippen molar-refractivity contribution >= 4 is 23.6 Å². The molecule has 2 rings (SSSR count). The fourth-order valence-electron chi connectivity index (χ4n) is 2.81. The number of carbonyl (C=O) groups is 2. The summed E-state index contributed by atoms with van der Waals surface area (Å²) in [5, 5.41) is 2.81. The predicted molar refractivity (Wildman–Crippen MR) is 106 cm³/mol. The molecular weight excluding hydrogens is 364 g/mol. The average Bonchev–Trinajstić information content (AvgIpc) is 3.17. The highest BCUT2D eigenvalue weighted by molar-refractivity contribution is 7.99. The molecule has 0 saturated heterocycles. The fourth-order valence-corrected chi connectivity index (χ4v) is 3.52. The summed E-state index contributed by atoms with van der Waals surface area (Å²) in [6, 6.07) is 9.05. The maximum absolute atomic E-state index is 12.2. The molecule has 0 saturated carbocycles. The van der Waals surface area contributed by atoms with Crippen LogP contribution in [-0.4, -0.2) is 35.8 Å². The van der Waals surface area contributed by atoms with Gasteiger partial charge in [-0.1, -0.05) is 44.9 Å².